The second-order valence-corrected chi connectivity index (χ2v) is 6.22. The van der Waals surface area contributed by atoms with Crippen molar-refractivity contribution in [2.45, 2.75) is 57.9 Å². The Hall–Kier alpha value is -0.820. The van der Waals surface area contributed by atoms with Gasteiger partial charge >= 0.3 is 0 Å². The molecule has 2 N–H and O–H groups in total. The van der Waals surface area contributed by atoms with Crippen molar-refractivity contribution in [3.05, 3.63) is 35.9 Å². The molecule has 1 aromatic rings. The van der Waals surface area contributed by atoms with Crippen LogP contribution >= 0.6 is 0 Å². The smallest absolute Gasteiger partial charge is 0.0221 e. The highest BCUT2D eigenvalue weighted by atomic mass is 14.8. The summed E-state index contributed by atoms with van der Waals surface area (Å²) in [5, 5.41) is 0. The molecule has 0 aromatic heterocycles. The lowest BCUT2D eigenvalue weighted by Gasteiger charge is -2.41. The minimum atomic E-state index is -0.00394. The summed E-state index contributed by atoms with van der Waals surface area (Å²) in [7, 11) is 0. The summed E-state index contributed by atoms with van der Waals surface area (Å²) in [5.41, 5.74) is 8.15. The van der Waals surface area contributed by atoms with Crippen molar-refractivity contribution in [3.63, 3.8) is 0 Å². The topological polar surface area (TPSA) is 26.0 Å². The Balaban J connectivity index is 2.09. The number of hydrogen-bond acceptors (Lipinski definition) is 1. The molecule has 0 bridgehead atoms. The van der Waals surface area contributed by atoms with Crippen LogP contribution in [0.4, 0.5) is 0 Å². The fourth-order valence-electron chi connectivity index (χ4n) is 3.49. The second-order valence-electron chi connectivity index (χ2n) is 6.22. The van der Waals surface area contributed by atoms with Gasteiger partial charge in [-0.1, -0.05) is 57.0 Å². The van der Waals surface area contributed by atoms with Gasteiger partial charge in [-0.25, -0.2) is 0 Å². The normalized spacial score (nSPS) is 27.7. The molecule has 1 aliphatic carbocycles. The first kappa shape index (κ1) is 13.6. The van der Waals surface area contributed by atoms with Crippen molar-refractivity contribution >= 4 is 0 Å². The van der Waals surface area contributed by atoms with Crippen LogP contribution < -0.4 is 5.73 Å². The lowest BCUT2D eigenvalue weighted by Crippen LogP contribution is -2.50. The van der Waals surface area contributed by atoms with Crippen molar-refractivity contribution in [1.29, 1.82) is 0 Å². The molecule has 0 heterocycles. The van der Waals surface area contributed by atoms with E-state index in [0.29, 0.717) is 5.92 Å². The van der Waals surface area contributed by atoms with Crippen LogP contribution in [0, 0.1) is 11.8 Å². The Morgan fingerprint density at radius 3 is 2.56 bits per heavy atom. The molecule has 3 atom stereocenters. The van der Waals surface area contributed by atoms with E-state index in [1.807, 2.05) is 0 Å². The monoisotopic (exact) mass is 245 g/mol. The second kappa shape index (κ2) is 5.88. The highest BCUT2D eigenvalue weighted by Gasteiger charge is 2.35. The highest BCUT2D eigenvalue weighted by Crippen LogP contribution is 2.37. The van der Waals surface area contributed by atoms with Gasteiger partial charge in [0.2, 0.25) is 0 Å². The van der Waals surface area contributed by atoms with Crippen LogP contribution in [0.25, 0.3) is 0 Å². The van der Waals surface area contributed by atoms with Gasteiger partial charge in [0.15, 0.2) is 0 Å². The molecule has 1 aromatic carbocycles. The minimum absolute atomic E-state index is 0.00394. The van der Waals surface area contributed by atoms with Gasteiger partial charge in [-0.15, -0.1) is 0 Å². The fraction of sp³-hybridized carbons (Fsp3) is 0.647. The zero-order valence-electron chi connectivity index (χ0n) is 11.9. The molecule has 0 spiro atoms. The first-order chi connectivity index (χ1) is 8.64. The molecule has 18 heavy (non-hydrogen) atoms. The van der Waals surface area contributed by atoms with E-state index >= 15 is 0 Å². The summed E-state index contributed by atoms with van der Waals surface area (Å²) in [5.74, 6) is 1.56. The summed E-state index contributed by atoms with van der Waals surface area (Å²) in [4.78, 5) is 0. The van der Waals surface area contributed by atoms with Crippen molar-refractivity contribution in [3.8, 4) is 0 Å². The van der Waals surface area contributed by atoms with E-state index in [9.17, 15) is 0 Å². The summed E-state index contributed by atoms with van der Waals surface area (Å²) < 4.78 is 0. The van der Waals surface area contributed by atoms with Crippen LogP contribution in [0.5, 0.6) is 0 Å². The predicted octanol–water partition coefficient (Wildman–Crippen LogP) is 4.16. The SMILES string of the molecule is CCC(N)(Cc1ccccc1)C1CCCC(C)C1. The summed E-state index contributed by atoms with van der Waals surface area (Å²) in [6, 6.07) is 10.7. The maximum absolute atomic E-state index is 6.77. The Labute approximate surface area is 112 Å². The number of nitrogens with two attached hydrogens (primary N) is 1. The highest BCUT2D eigenvalue weighted by molar-refractivity contribution is 5.18. The molecule has 1 fully saturated rings. The first-order valence-electron chi connectivity index (χ1n) is 7.47. The quantitative estimate of drug-likeness (QED) is 0.846. The van der Waals surface area contributed by atoms with Crippen LogP contribution in [0.1, 0.15) is 51.5 Å². The maximum Gasteiger partial charge on any atom is 0.0221 e. The third kappa shape index (κ3) is 3.14. The summed E-state index contributed by atoms with van der Waals surface area (Å²) in [6.45, 7) is 4.63. The van der Waals surface area contributed by atoms with E-state index in [-0.39, 0.29) is 5.54 Å². The van der Waals surface area contributed by atoms with Gasteiger partial charge in [-0.05, 0) is 43.1 Å². The van der Waals surface area contributed by atoms with Crippen molar-refractivity contribution in [2.75, 3.05) is 0 Å². The van der Waals surface area contributed by atoms with E-state index in [1.165, 1.54) is 31.2 Å². The van der Waals surface area contributed by atoms with Crippen LogP contribution in [-0.2, 0) is 6.42 Å². The van der Waals surface area contributed by atoms with Gasteiger partial charge in [-0.3, -0.25) is 0 Å². The Bertz CT molecular complexity index is 359. The molecule has 1 aliphatic rings. The lowest BCUT2D eigenvalue weighted by atomic mass is 9.68. The number of benzene rings is 1. The average molecular weight is 245 g/mol. The summed E-state index contributed by atoms with van der Waals surface area (Å²) >= 11 is 0. The van der Waals surface area contributed by atoms with Gasteiger partial charge in [0.05, 0.1) is 0 Å². The van der Waals surface area contributed by atoms with Gasteiger partial charge in [0.25, 0.3) is 0 Å². The zero-order valence-corrected chi connectivity index (χ0v) is 11.9. The molecular weight excluding hydrogens is 218 g/mol. The molecule has 0 radical (unpaired) electrons. The molecule has 1 nitrogen and oxygen atoms in total. The third-order valence-corrected chi connectivity index (χ3v) is 4.78. The summed E-state index contributed by atoms with van der Waals surface area (Å²) in [6.07, 6.45) is 7.50. The molecule has 0 saturated heterocycles. The zero-order chi connectivity index (χ0) is 13.0. The Morgan fingerprint density at radius 2 is 1.94 bits per heavy atom. The lowest BCUT2D eigenvalue weighted by molar-refractivity contribution is 0.165. The molecule has 1 saturated carbocycles. The van der Waals surface area contributed by atoms with Gasteiger partial charge in [-0.2, -0.15) is 0 Å². The molecule has 100 valence electrons. The molecule has 1 heteroatoms. The van der Waals surface area contributed by atoms with Crippen molar-refractivity contribution in [1.82, 2.24) is 0 Å². The number of rotatable bonds is 4. The molecular formula is C17H27N. The van der Waals surface area contributed by atoms with E-state index in [1.54, 1.807) is 0 Å². The van der Waals surface area contributed by atoms with E-state index in [4.69, 9.17) is 5.73 Å². The largest absolute Gasteiger partial charge is 0.325 e. The van der Waals surface area contributed by atoms with E-state index < -0.39 is 0 Å². The fourth-order valence-corrected chi connectivity index (χ4v) is 3.49. The maximum atomic E-state index is 6.77. The van der Waals surface area contributed by atoms with Gasteiger partial charge in [0.1, 0.15) is 0 Å². The minimum Gasteiger partial charge on any atom is -0.325 e. The van der Waals surface area contributed by atoms with Crippen LogP contribution in [0.2, 0.25) is 0 Å². The van der Waals surface area contributed by atoms with Crippen molar-refractivity contribution < 1.29 is 0 Å². The predicted molar refractivity (Wildman–Crippen MR) is 78.5 cm³/mol. The van der Waals surface area contributed by atoms with E-state index in [0.717, 1.165) is 18.8 Å². The van der Waals surface area contributed by atoms with Gasteiger partial charge < -0.3 is 5.73 Å². The van der Waals surface area contributed by atoms with E-state index in [2.05, 4.69) is 44.2 Å². The van der Waals surface area contributed by atoms with Crippen LogP contribution in [-0.4, -0.2) is 5.54 Å². The molecule has 2 rings (SSSR count). The average Bonchev–Trinajstić information content (AvgIpc) is 2.40. The van der Waals surface area contributed by atoms with Crippen LogP contribution in [0.3, 0.4) is 0 Å². The van der Waals surface area contributed by atoms with Crippen LogP contribution in [0.15, 0.2) is 30.3 Å². The Kier molecular flexibility index (Phi) is 4.45. The van der Waals surface area contributed by atoms with Gasteiger partial charge in [0, 0.05) is 5.54 Å². The number of hydrogen-bond donors (Lipinski definition) is 1. The third-order valence-electron chi connectivity index (χ3n) is 4.78. The first-order valence-corrected chi connectivity index (χ1v) is 7.47. The molecule has 0 aliphatic heterocycles. The Morgan fingerprint density at radius 1 is 1.22 bits per heavy atom. The molecule has 3 unspecified atom stereocenters. The molecule has 0 amide bonds. The standard InChI is InChI=1S/C17H27N/c1-3-17(18,13-15-9-5-4-6-10-15)16-11-7-8-14(2)12-16/h4-6,9-10,14,16H,3,7-8,11-13,18H2,1-2H3. The van der Waals surface area contributed by atoms with Crippen molar-refractivity contribution in [2.24, 2.45) is 17.6 Å².